The number of carbonyl (C=O) groups excluding carboxylic acids is 1. The number of amides is 1. The van der Waals surface area contributed by atoms with Gasteiger partial charge in [-0.25, -0.2) is 8.42 Å². The lowest BCUT2D eigenvalue weighted by Crippen LogP contribution is -2.41. The highest BCUT2D eigenvalue weighted by Crippen LogP contribution is 2.38. The average Bonchev–Trinajstić information content (AvgIpc) is 3.18. The van der Waals surface area contributed by atoms with Crippen molar-refractivity contribution in [2.45, 2.75) is 36.3 Å². The fourth-order valence-corrected chi connectivity index (χ4v) is 3.49. The van der Waals surface area contributed by atoms with Gasteiger partial charge >= 0.3 is 0 Å². The van der Waals surface area contributed by atoms with E-state index in [0.717, 1.165) is 19.3 Å². The zero-order valence-electron chi connectivity index (χ0n) is 11.3. The maximum atomic E-state index is 12.3. The summed E-state index contributed by atoms with van der Waals surface area (Å²) < 4.78 is 28.3. The Hall–Kier alpha value is -1.11. The van der Waals surface area contributed by atoms with Crippen molar-refractivity contribution in [1.29, 1.82) is 0 Å². The van der Waals surface area contributed by atoms with Crippen LogP contribution in [0.1, 0.15) is 29.6 Å². The predicted molar refractivity (Wildman–Crippen MR) is 77.8 cm³/mol. The standard InChI is InChI=1S/C14H16ClNO4S/c15-21(18,19)11-3-1-2-10(8-11)14(17)16-12-6-7-20-13(12)9-4-5-9/h1-3,8-9,12-13H,4-7H2,(H,16,17). The van der Waals surface area contributed by atoms with Crippen molar-refractivity contribution in [2.75, 3.05) is 6.61 Å². The second-order valence-electron chi connectivity index (χ2n) is 5.51. The molecule has 0 bridgehead atoms. The first-order valence-electron chi connectivity index (χ1n) is 6.92. The van der Waals surface area contributed by atoms with E-state index in [9.17, 15) is 13.2 Å². The minimum atomic E-state index is -3.83. The zero-order valence-corrected chi connectivity index (χ0v) is 12.9. The minimum absolute atomic E-state index is 0.00117. The molecule has 1 heterocycles. The van der Waals surface area contributed by atoms with Crippen LogP contribution in [0, 0.1) is 5.92 Å². The second kappa shape index (κ2) is 5.59. The summed E-state index contributed by atoms with van der Waals surface area (Å²) in [6.07, 6.45) is 3.18. The predicted octanol–water partition coefficient (Wildman–Crippen LogP) is 1.91. The average molecular weight is 330 g/mol. The van der Waals surface area contributed by atoms with Crippen LogP contribution in [0.25, 0.3) is 0 Å². The van der Waals surface area contributed by atoms with Gasteiger partial charge in [-0.05, 0) is 43.4 Å². The molecule has 114 valence electrons. The van der Waals surface area contributed by atoms with Gasteiger partial charge in [0.1, 0.15) is 0 Å². The number of rotatable bonds is 4. The summed E-state index contributed by atoms with van der Waals surface area (Å²) in [6.45, 7) is 0.655. The van der Waals surface area contributed by atoms with E-state index in [1.165, 1.54) is 18.2 Å². The van der Waals surface area contributed by atoms with Crippen LogP contribution in [0.3, 0.4) is 0 Å². The first-order valence-corrected chi connectivity index (χ1v) is 9.23. The Labute approximate surface area is 128 Å². The Bertz CT molecular complexity index is 657. The van der Waals surface area contributed by atoms with Crippen LogP contribution in [0.5, 0.6) is 0 Å². The molecule has 0 spiro atoms. The van der Waals surface area contributed by atoms with Crippen LogP contribution < -0.4 is 5.32 Å². The summed E-state index contributed by atoms with van der Waals surface area (Å²) in [5.41, 5.74) is 0.290. The van der Waals surface area contributed by atoms with E-state index in [0.29, 0.717) is 12.5 Å². The van der Waals surface area contributed by atoms with E-state index in [-0.39, 0.29) is 28.5 Å². The highest BCUT2D eigenvalue weighted by molar-refractivity contribution is 8.13. The Morgan fingerprint density at radius 2 is 2.05 bits per heavy atom. The third kappa shape index (κ3) is 3.39. The lowest BCUT2D eigenvalue weighted by molar-refractivity contribution is 0.0729. The maximum Gasteiger partial charge on any atom is 0.261 e. The molecule has 2 atom stereocenters. The first-order chi connectivity index (χ1) is 9.95. The van der Waals surface area contributed by atoms with E-state index in [2.05, 4.69) is 5.32 Å². The van der Waals surface area contributed by atoms with Crippen LogP contribution in [0.4, 0.5) is 0 Å². The molecule has 1 aromatic rings. The van der Waals surface area contributed by atoms with Crippen LogP contribution >= 0.6 is 10.7 Å². The quantitative estimate of drug-likeness (QED) is 0.856. The molecule has 2 fully saturated rings. The first kappa shape index (κ1) is 14.8. The summed E-state index contributed by atoms with van der Waals surface area (Å²) in [5.74, 6) is 0.255. The molecule has 1 saturated heterocycles. The summed E-state index contributed by atoms with van der Waals surface area (Å²) in [7, 11) is 1.47. The Kier molecular flexibility index (Phi) is 3.94. The third-order valence-corrected chi connectivity index (χ3v) is 5.27. The number of carbonyl (C=O) groups is 1. The van der Waals surface area contributed by atoms with Crippen LogP contribution in [-0.4, -0.2) is 33.1 Å². The molecule has 7 heteroatoms. The summed E-state index contributed by atoms with van der Waals surface area (Å²) in [5, 5.41) is 2.94. The fraction of sp³-hybridized carbons (Fsp3) is 0.500. The molecular weight excluding hydrogens is 314 g/mol. The molecule has 1 aliphatic carbocycles. The molecule has 1 N–H and O–H groups in total. The Morgan fingerprint density at radius 3 is 2.71 bits per heavy atom. The third-order valence-electron chi connectivity index (χ3n) is 3.92. The van der Waals surface area contributed by atoms with Gasteiger partial charge in [-0.2, -0.15) is 0 Å². The zero-order chi connectivity index (χ0) is 15.0. The molecule has 1 amide bonds. The number of nitrogens with one attached hydrogen (secondary N) is 1. The van der Waals surface area contributed by atoms with Crippen LogP contribution in [0.2, 0.25) is 0 Å². The summed E-state index contributed by atoms with van der Waals surface area (Å²) in [6, 6.07) is 5.74. The topological polar surface area (TPSA) is 72.5 Å². The molecule has 0 aromatic heterocycles. The van der Waals surface area contributed by atoms with Crippen molar-refractivity contribution in [3.05, 3.63) is 29.8 Å². The van der Waals surface area contributed by atoms with Gasteiger partial charge in [0.25, 0.3) is 15.0 Å². The Balaban J connectivity index is 1.73. The molecular formula is C14H16ClNO4S. The van der Waals surface area contributed by atoms with Gasteiger partial charge in [-0.3, -0.25) is 4.79 Å². The van der Waals surface area contributed by atoms with E-state index < -0.39 is 9.05 Å². The van der Waals surface area contributed by atoms with Gasteiger partial charge in [-0.15, -0.1) is 0 Å². The summed E-state index contributed by atoms with van der Waals surface area (Å²) in [4.78, 5) is 12.2. The number of hydrogen-bond acceptors (Lipinski definition) is 4. The number of hydrogen-bond donors (Lipinski definition) is 1. The van der Waals surface area contributed by atoms with Crippen LogP contribution in [-0.2, 0) is 13.8 Å². The van der Waals surface area contributed by atoms with E-state index >= 15 is 0 Å². The highest BCUT2D eigenvalue weighted by atomic mass is 35.7. The van der Waals surface area contributed by atoms with Crippen molar-refractivity contribution >= 4 is 25.6 Å². The molecule has 1 aromatic carbocycles. The van der Waals surface area contributed by atoms with Crippen molar-refractivity contribution in [3.8, 4) is 0 Å². The minimum Gasteiger partial charge on any atom is -0.376 e. The second-order valence-corrected chi connectivity index (χ2v) is 8.07. The molecule has 1 saturated carbocycles. The van der Waals surface area contributed by atoms with Crippen molar-refractivity contribution in [1.82, 2.24) is 5.32 Å². The van der Waals surface area contributed by atoms with Gasteiger partial charge in [0.2, 0.25) is 0 Å². The maximum absolute atomic E-state index is 12.3. The SMILES string of the molecule is O=C(NC1CCOC1C1CC1)c1cccc(S(=O)(=O)Cl)c1. The van der Waals surface area contributed by atoms with E-state index in [4.69, 9.17) is 15.4 Å². The van der Waals surface area contributed by atoms with Crippen molar-refractivity contribution < 1.29 is 17.9 Å². The molecule has 21 heavy (non-hydrogen) atoms. The van der Waals surface area contributed by atoms with E-state index in [1.807, 2.05) is 0 Å². The monoisotopic (exact) mass is 329 g/mol. The van der Waals surface area contributed by atoms with Gasteiger partial charge in [-0.1, -0.05) is 6.07 Å². The smallest absolute Gasteiger partial charge is 0.261 e. The lowest BCUT2D eigenvalue weighted by Gasteiger charge is -2.19. The normalized spacial score (nSPS) is 25.8. The molecule has 0 radical (unpaired) electrons. The molecule has 5 nitrogen and oxygen atoms in total. The fourth-order valence-electron chi connectivity index (χ4n) is 2.70. The largest absolute Gasteiger partial charge is 0.376 e. The van der Waals surface area contributed by atoms with Crippen molar-refractivity contribution in [2.24, 2.45) is 5.92 Å². The van der Waals surface area contributed by atoms with Gasteiger partial charge in [0, 0.05) is 22.9 Å². The highest BCUT2D eigenvalue weighted by Gasteiger charge is 2.41. The number of ether oxygens (including phenoxy) is 1. The van der Waals surface area contributed by atoms with Gasteiger partial charge in [0.15, 0.2) is 0 Å². The van der Waals surface area contributed by atoms with Gasteiger partial charge in [0.05, 0.1) is 17.0 Å². The number of benzene rings is 1. The molecule has 1 aliphatic heterocycles. The Morgan fingerprint density at radius 1 is 1.29 bits per heavy atom. The molecule has 2 unspecified atom stereocenters. The number of halogens is 1. The van der Waals surface area contributed by atoms with Crippen LogP contribution in [0.15, 0.2) is 29.2 Å². The molecule has 2 aliphatic rings. The lowest BCUT2D eigenvalue weighted by atomic mass is 10.1. The summed E-state index contributed by atoms with van der Waals surface area (Å²) >= 11 is 0. The van der Waals surface area contributed by atoms with Crippen molar-refractivity contribution in [3.63, 3.8) is 0 Å². The van der Waals surface area contributed by atoms with E-state index in [1.54, 1.807) is 6.07 Å². The molecule has 3 rings (SSSR count). The van der Waals surface area contributed by atoms with Gasteiger partial charge < -0.3 is 10.1 Å².